The van der Waals surface area contributed by atoms with Crippen molar-refractivity contribution in [2.24, 2.45) is 17.2 Å². The standard InChI is InChI=1S/C16H28N6O8/c1-7(23)13(19)15(28)22-8(2-4-10(17)24)14(27)20-6-12(26)21-9(16(29)30)3-5-11(18)25/h7-9,13,23H,2-6,19H2,1H3,(H2,17,24)(H2,18,25)(H,20,27)(H,21,26)(H,22,28)(H,29,30). The SMILES string of the molecule is CC(O)C(N)C(=O)NC(CCC(N)=O)C(=O)NCC(=O)NC(CCC(N)=O)C(=O)O. The summed E-state index contributed by atoms with van der Waals surface area (Å²) in [5.74, 6) is -5.47. The molecule has 0 aliphatic rings. The van der Waals surface area contributed by atoms with Crippen molar-refractivity contribution in [2.75, 3.05) is 6.54 Å². The number of rotatable bonds is 14. The maximum Gasteiger partial charge on any atom is 0.326 e. The van der Waals surface area contributed by atoms with Gasteiger partial charge in [-0.3, -0.25) is 24.0 Å². The van der Waals surface area contributed by atoms with E-state index >= 15 is 0 Å². The molecule has 0 heterocycles. The summed E-state index contributed by atoms with van der Waals surface area (Å²) in [4.78, 5) is 69.0. The molecule has 170 valence electrons. The maximum absolute atomic E-state index is 12.3. The smallest absolute Gasteiger partial charge is 0.326 e. The average molecular weight is 432 g/mol. The second-order valence-corrected chi connectivity index (χ2v) is 6.51. The first-order valence-corrected chi connectivity index (χ1v) is 8.95. The minimum absolute atomic E-state index is 0.197. The Morgan fingerprint density at radius 1 is 0.867 bits per heavy atom. The monoisotopic (exact) mass is 432 g/mol. The molecule has 4 unspecified atom stereocenters. The third-order valence-electron chi connectivity index (χ3n) is 3.87. The number of carbonyl (C=O) groups is 6. The molecule has 14 nitrogen and oxygen atoms in total. The molecular weight excluding hydrogens is 404 g/mol. The molecule has 0 saturated heterocycles. The fourth-order valence-electron chi connectivity index (χ4n) is 2.12. The minimum atomic E-state index is -1.39. The van der Waals surface area contributed by atoms with Crippen LogP contribution < -0.4 is 33.2 Å². The highest BCUT2D eigenvalue weighted by Gasteiger charge is 2.27. The Bertz CT molecular complexity index is 668. The molecule has 0 fully saturated rings. The van der Waals surface area contributed by atoms with Crippen LogP contribution in [0.1, 0.15) is 32.6 Å². The summed E-state index contributed by atoms with van der Waals surface area (Å²) in [6.45, 7) is 0.620. The highest BCUT2D eigenvalue weighted by molar-refractivity contribution is 5.93. The normalized spacial score (nSPS) is 14.5. The molecule has 0 aromatic heterocycles. The molecular formula is C16H28N6O8. The fraction of sp³-hybridized carbons (Fsp3) is 0.625. The van der Waals surface area contributed by atoms with E-state index < -0.39 is 66.3 Å². The van der Waals surface area contributed by atoms with Crippen LogP contribution in [0.5, 0.6) is 0 Å². The van der Waals surface area contributed by atoms with Crippen molar-refractivity contribution in [2.45, 2.75) is 56.8 Å². The summed E-state index contributed by atoms with van der Waals surface area (Å²) in [5, 5.41) is 24.9. The molecule has 0 spiro atoms. The third kappa shape index (κ3) is 10.9. The van der Waals surface area contributed by atoms with Crippen LogP contribution in [0, 0.1) is 0 Å². The zero-order valence-corrected chi connectivity index (χ0v) is 16.4. The molecule has 14 heteroatoms. The molecule has 0 radical (unpaired) electrons. The lowest BCUT2D eigenvalue weighted by Gasteiger charge is -2.21. The summed E-state index contributed by atoms with van der Waals surface area (Å²) in [6, 6.07) is -4.01. The third-order valence-corrected chi connectivity index (χ3v) is 3.87. The van der Waals surface area contributed by atoms with E-state index in [0.29, 0.717) is 0 Å². The molecule has 30 heavy (non-hydrogen) atoms. The first-order valence-electron chi connectivity index (χ1n) is 8.95. The summed E-state index contributed by atoms with van der Waals surface area (Å²) in [5.41, 5.74) is 15.5. The molecule has 0 saturated carbocycles. The summed E-state index contributed by atoms with van der Waals surface area (Å²) >= 11 is 0. The van der Waals surface area contributed by atoms with Crippen LogP contribution in [0.3, 0.4) is 0 Å². The summed E-state index contributed by atoms with van der Waals surface area (Å²) in [7, 11) is 0. The van der Waals surface area contributed by atoms with Crippen molar-refractivity contribution in [3.8, 4) is 0 Å². The molecule has 5 amide bonds. The van der Waals surface area contributed by atoms with Gasteiger partial charge in [-0.1, -0.05) is 0 Å². The molecule has 0 aliphatic heterocycles. The number of aliphatic hydroxyl groups is 1. The molecule has 4 atom stereocenters. The van der Waals surface area contributed by atoms with E-state index in [1.54, 1.807) is 0 Å². The van der Waals surface area contributed by atoms with Crippen molar-refractivity contribution >= 4 is 35.5 Å². The largest absolute Gasteiger partial charge is 0.480 e. The van der Waals surface area contributed by atoms with Gasteiger partial charge in [0.05, 0.1) is 12.6 Å². The number of nitrogens with two attached hydrogens (primary N) is 3. The van der Waals surface area contributed by atoms with Crippen LogP contribution >= 0.6 is 0 Å². The number of carbonyl (C=O) groups excluding carboxylic acids is 5. The topological polar surface area (TPSA) is 257 Å². The van der Waals surface area contributed by atoms with Crippen LogP contribution in [0.2, 0.25) is 0 Å². The lowest BCUT2D eigenvalue weighted by Crippen LogP contribution is -2.55. The maximum atomic E-state index is 12.3. The highest BCUT2D eigenvalue weighted by Crippen LogP contribution is 2.00. The quantitative estimate of drug-likeness (QED) is 0.131. The Balaban J connectivity index is 4.89. The van der Waals surface area contributed by atoms with E-state index in [-0.39, 0.29) is 25.7 Å². The van der Waals surface area contributed by atoms with Gasteiger partial charge in [0.2, 0.25) is 29.5 Å². The van der Waals surface area contributed by atoms with Crippen molar-refractivity contribution in [3.63, 3.8) is 0 Å². The first kappa shape index (κ1) is 26.7. The van der Waals surface area contributed by atoms with E-state index in [2.05, 4.69) is 16.0 Å². The molecule has 11 N–H and O–H groups in total. The Labute approximate surface area is 171 Å². The average Bonchev–Trinajstić information content (AvgIpc) is 2.64. The molecule has 0 bridgehead atoms. The van der Waals surface area contributed by atoms with Crippen molar-refractivity contribution in [1.82, 2.24) is 16.0 Å². The van der Waals surface area contributed by atoms with Gasteiger partial charge in [0.1, 0.15) is 18.1 Å². The highest BCUT2D eigenvalue weighted by atomic mass is 16.4. The summed E-state index contributed by atoms with van der Waals surface area (Å²) < 4.78 is 0. The van der Waals surface area contributed by atoms with E-state index in [0.717, 1.165) is 0 Å². The molecule has 0 aliphatic carbocycles. The van der Waals surface area contributed by atoms with Crippen LogP contribution in [-0.4, -0.2) is 76.5 Å². The number of amides is 5. The number of aliphatic carboxylic acids is 1. The lowest BCUT2D eigenvalue weighted by atomic mass is 10.1. The van der Waals surface area contributed by atoms with Gasteiger partial charge in [0.25, 0.3) is 0 Å². The van der Waals surface area contributed by atoms with Gasteiger partial charge in [0.15, 0.2) is 0 Å². The summed E-state index contributed by atoms with van der Waals surface area (Å²) in [6.07, 6.45) is -2.17. The van der Waals surface area contributed by atoms with Crippen LogP contribution in [0.15, 0.2) is 0 Å². The van der Waals surface area contributed by atoms with E-state index in [1.165, 1.54) is 6.92 Å². The number of aliphatic hydroxyl groups excluding tert-OH is 1. The van der Waals surface area contributed by atoms with Crippen molar-refractivity contribution in [1.29, 1.82) is 0 Å². The van der Waals surface area contributed by atoms with Gasteiger partial charge < -0.3 is 43.4 Å². The first-order chi connectivity index (χ1) is 13.8. The lowest BCUT2D eigenvalue weighted by molar-refractivity contribution is -0.142. The minimum Gasteiger partial charge on any atom is -0.480 e. The second kappa shape index (κ2) is 13.1. The van der Waals surface area contributed by atoms with E-state index in [1.807, 2.05) is 0 Å². The van der Waals surface area contributed by atoms with Gasteiger partial charge in [0, 0.05) is 12.8 Å². The Morgan fingerprint density at radius 3 is 1.80 bits per heavy atom. The molecule has 0 rings (SSSR count). The number of hydrogen-bond donors (Lipinski definition) is 8. The van der Waals surface area contributed by atoms with Gasteiger partial charge in [-0.15, -0.1) is 0 Å². The number of nitrogens with one attached hydrogen (secondary N) is 3. The second-order valence-electron chi connectivity index (χ2n) is 6.51. The molecule has 0 aromatic rings. The number of carboxylic acids is 1. The Kier molecular flexibility index (Phi) is 11.6. The van der Waals surface area contributed by atoms with Crippen LogP contribution in [0.25, 0.3) is 0 Å². The van der Waals surface area contributed by atoms with Crippen molar-refractivity contribution < 1.29 is 39.0 Å². The Hall–Kier alpha value is -3.26. The van der Waals surface area contributed by atoms with Gasteiger partial charge in [-0.25, -0.2) is 4.79 Å². The van der Waals surface area contributed by atoms with Crippen molar-refractivity contribution in [3.05, 3.63) is 0 Å². The van der Waals surface area contributed by atoms with E-state index in [4.69, 9.17) is 22.3 Å². The van der Waals surface area contributed by atoms with Gasteiger partial charge in [-0.2, -0.15) is 0 Å². The fourth-order valence-corrected chi connectivity index (χ4v) is 2.12. The zero-order valence-electron chi connectivity index (χ0n) is 16.4. The predicted molar refractivity (Wildman–Crippen MR) is 101 cm³/mol. The van der Waals surface area contributed by atoms with Gasteiger partial charge in [-0.05, 0) is 19.8 Å². The zero-order chi connectivity index (χ0) is 23.4. The number of primary amides is 2. The molecule has 0 aromatic carbocycles. The Morgan fingerprint density at radius 2 is 1.37 bits per heavy atom. The number of hydrogen-bond acceptors (Lipinski definition) is 8. The van der Waals surface area contributed by atoms with Gasteiger partial charge >= 0.3 is 5.97 Å². The number of carboxylic acid groups (broad SMARTS) is 1. The predicted octanol–water partition coefficient (Wildman–Crippen LogP) is -4.60. The van der Waals surface area contributed by atoms with Crippen LogP contribution in [0.4, 0.5) is 0 Å². The van der Waals surface area contributed by atoms with Crippen LogP contribution in [-0.2, 0) is 28.8 Å². The van der Waals surface area contributed by atoms with E-state index in [9.17, 15) is 33.9 Å².